The molecule has 0 radical (unpaired) electrons. The van der Waals surface area contributed by atoms with Crippen molar-refractivity contribution in [3.63, 3.8) is 0 Å². The molecular formula is C26H26N2O3S. The SMILES string of the molecule is COc1ccc2c(c1)CCN1C(=O)C3CCCC(C21)N3C(=O)Cc1cccc2ccsc12. The van der Waals surface area contributed by atoms with E-state index in [9.17, 15) is 9.59 Å². The number of ether oxygens (including phenoxy) is 1. The summed E-state index contributed by atoms with van der Waals surface area (Å²) in [5.74, 6) is 1.04. The molecule has 0 spiro atoms. The van der Waals surface area contributed by atoms with Gasteiger partial charge in [0.05, 0.1) is 25.6 Å². The molecule has 3 unspecified atom stereocenters. The van der Waals surface area contributed by atoms with Gasteiger partial charge in [-0.15, -0.1) is 11.3 Å². The van der Waals surface area contributed by atoms with Crippen LogP contribution in [0.25, 0.3) is 10.1 Å². The minimum absolute atomic E-state index is 0.0360. The van der Waals surface area contributed by atoms with Crippen LogP contribution in [-0.2, 0) is 22.4 Å². The lowest BCUT2D eigenvalue weighted by Gasteiger charge is -2.55. The number of amides is 2. The van der Waals surface area contributed by atoms with E-state index in [1.165, 1.54) is 21.2 Å². The van der Waals surface area contributed by atoms with Gasteiger partial charge in [-0.3, -0.25) is 9.59 Å². The molecule has 0 aliphatic carbocycles. The lowest BCUT2D eigenvalue weighted by atomic mass is 9.78. The fourth-order valence-corrected chi connectivity index (χ4v) is 6.92. The third-order valence-corrected chi connectivity index (χ3v) is 8.43. The molecule has 32 heavy (non-hydrogen) atoms. The molecule has 5 nitrogen and oxygen atoms in total. The van der Waals surface area contributed by atoms with E-state index in [0.717, 1.165) is 37.0 Å². The maximum absolute atomic E-state index is 13.7. The molecule has 2 saturated heterocycles. The second-order valence-electron chi connectivity index (χ2n) is 9.04. The number of fused-ring (bicyclic) bond motifs is 7. The summed E-state index contributed by atoms with van der Waals surface area (Å²) in [6.07, 6.45) is 3.87. The van der Waals surface area contributed by atoms with Crippen molar-refractivity contribution >= 4 is 33.2 Å². The highest BCUT2D eigenvalue weighted by Gasteiger charge is 2.52. The molecule has 3 aromatic rings. The Bertz CT molecular complexity index is 1220. The highest BCUT2D eigenvalue weighted by Crippen LogP contribution is 2.45. The number of methoxy groups -OCH3 is 1. The first kappa shape index (κ1) is 19.8. The Morgan fingerprint density at radius 3 is 2.97 bits per heavy atom. The van der Waals surface area contributed by atoms with E-state index in [-0.39, 0.29) is 29.9 Å². The average Bonchev–Trinajstić information content (AvgIpc) is 3.31. The Kier molecular flexibility index (Phi) is 4.72. The van der Waals surface area contributed by atoms with Crippen LogP contribution in [0.2, 0.25) is 0 Å². The van der Waals surface area contributed by atoms with Gasteiger partial charge in [0.2, 0.25) is 11.8 Å². The normalized spacial score (nSPS) is 24.3. The number of hydrogen-bond donors (Lipinski definition) is 0. The van der Waals surface area contributed by atoms with E-state index >= 15 is 0 Å². The molecule has 3 aliphatic rings. The van der Waals surface area contributed by atoms with Crippen molar-refractivity contribution < 1.29 is 14.3 Å². The van der Waals surface area contributed by atoms with Crippen molar-refractivity contribution in [2.24, 2.45) is 0 Å². The fraction of sp³-hybridized carbons (Fsp3) is 0.385. The number of piperazine rings is 1. The van der Waals surface area contributed by atoms with Gasteiger partial charge >= 0.3 is 0 Å². The van der Waals surface area contributed by atoms with Crippen LogP contribution in [0.1, 0.15) is 42.0 Å². The van der Waals surface area contributed by atoms with Crippen molar-refractivity contribution in [2.45, 2.75) is 50.2 Å². The predicted molar refractivity (Wildman–Crippen MR) is 125 cm³/mol. The third-order valence-electron chi connectivity index (χ3n) is 7.42. The molecule has 164 valence electrons. The second kappa shape index (κ2) is 7.62. The van der Waals surface area contributed by atoms with Crippen LogP contribution >= 0.6 is 11.3 Å². The predicted octanol–water partition coefficient (Wildman–Crippen LogP) is 4.34. The molecule has 3 atom stereocenters. The molecule has 2 fully saturated rings. The van der Waals surface area contributed by atoms with Crippen LogP contribution in [0.4, 0.5) is 0 Å². The van der Waals surface area contributed by atoms with Crippen molar-refractivity contribution in [2.75, 3.05) is 13.7 Å². The van der Waals surface area contributed by atoms with Gasteiger partial charge in [0.1, 0.15) is 11.8 Å². The van der Waals surface area contributed by atoms with E-state index in [0.29, 0.717) is 13.0 Å². The van der Waals surface area contributed by atoms with Gasteiger partial charge < -0.3 is 14.5 Å². The van der Waals surface area contributed by atoms with Crippen LogP contribution in [0.3, 0.4) is 0 Å². The Hall–Kier alpha value is -2.86. The molecule has 0 saturated carbocycles. The highest BCUT2D eigenvalue weighted by molar-refractivity contribution is 7.17. The summed E-state index contributed by atoms with van der Waals surface area (Å²) < 4.78 is 6.60. The summed E-state index contributed by atoms with van der Waals surface area (Å²) in [5.41, 5.74) is 3.47. The Morgan fingerprint density at radius 1 is 1.19 bits per heavy atom. The minimum Gasteiger partial charge on any atom is -0.497 e. The smallest absolute Gasteiger partial charge is 0.245 e. The Morgan fingerprint density at radius 2 is 2.09 bits per heavy atom. The number of carbonyl (C=O) groups is 2. The molecule has 4 heterocycles. The number of thiophene rings is 1. The first-order valence-electron chi connectivity index (χ1n) is 11.4. The van der Waals surface area contributed by atoms with Crippen molar-refractivity contribution in [1.82, 2.24) is 9.80 Å². The van der Waals surface area contributed by atoms with Crippen LogP contribution in [0.15, 0.2) is 47.8 Å². The van der Waals surface area contributed by atoms with Gasteiger partial charge in [-0.2, -0.15) is 0 Å². The standard InChI is InChI=1S/C26H26N2O3S/c1-31-19-8-9-20-17(14-19)10-12-27-24(20)21-6-3-7-22(26(27)30)28(21)23(29)15-18-5-2-4-16-11-13-32-25(16)18/h2,4-5,8-9,11,13-14,21-22,24H,3,6-7,10,12,15H2,1H3. The molecule has 2 aromatic carbocycles. The lowest BCUT2D eigenvalue weighted by molar-refractivity contribution is -0.166. The van der Waals surface area contributed by atoms with E-state index in [4.69, 9.17) is 4.74 Å². The van der Waals surface area contributed by atoms with Crippen molar-refractivity contribution in [1.29, 1.82) is 0 Å². The molecule has 6 rings (SSSR count). The number of rotatable bonds is 3. The van der Waals surface area contributed by atoms with Crippen molar-refractivity contribution in [3.05, 3.63) is 64.5 Å². The average molecular weight is 447 g/mol. The first-order chi connectivity index (χ1) is 15.7. The number of benzene rings is 2. The zero-order valence-corrected chi connectivity index (χ0v) is 18.9. The van der Waals surface area contributed by atoms with Gasteiger partial charge in [0, 0.05) is 11.2 Å². The van der Waals surface area contributed by atoms with E-state index < -0.39 is 0 Å². The summed E-state index contributed by atoms with van der Waals surface area (Å²) >= 11 is 1.68. The monoisotopic (exact) mass is 446 g/mol. The molecule has 1 aromatic heterocycles. The van der Waals surface area contributed by atoms with Gasteiger partial charge in [0.25, 0.3) is 0 Å². The van der Waals surface area contributed by atoms with Gasteiger partial charge in [0.15, 0.2) is 0 Å². The number of piperidine rings is 1. The van der Waals surface area contributed by atoms with Crippen LogP contribution in [0.5, 0.6) is 5.75 Å². The maximum Gasteiger partial charge on any atom is 0.245 e. The topological polar surface area (TPSA) is 49.9 Å². The van der Waals surface area contributed by atoms with Gasteiger partial charge in [-0.25, -0.2) is 0 Å². The quantitative estimate of drug-likeness (QED) is 0.601. The summed E-state index contributed by atoms with van der Waals surface area (Å²) in [6, 6.07) is 14.1. The summed E-state index contributed by atoms with van der Waals surface area (Å²) in [5, 5.41) is 3.25. The summed E-state index contributed by atoms with van der Waals surface area (Å²) in [6.45, 7) is 0.715. The van der Waals surface area contributed by atoms with E-state index in [1.807, 2.05) is 28.0 Å². The van der Waals surface area contributed by atoms with Gasteiger partial charge in [-0.05, 0) is 71.3 Å². The lowest BCUT2D eigenvalue weighted by Crippen LogP contribution is -2.67. The van der Waals surface area contributed by atoms with Crippen molar-refractivity contribution in [3.8, 4) is 5.75 Å². The number of nitrogens with zero attached hydrogens (tertiary/aromatic N) is 2. The number of carbonyl (C=O) groups excluding carboxylic acids is 2. The molecule has 2 amide bonds. The summed E-state index contributed by atoms with van der Waals surface area (Å²) in [7, 11) is 1.68. The maximum atomic E-state index is 13.7. The molecule has 6 heteroatoms. The van der Waals surface area contributed by atoms with Gasteiger partial charge in [-0.1, -0.05) is 24.3 Å². The van der Waals surface area contributed by atoms with E-state index in [1.54, 1.807) is 18.4 Å². The molecular weight excluding hydrogens is 420 g/mol. The number of hydrogen-bond acceptors (Lipinski definition) is 4. The minimum atomic E-state index is -0.320. The zero-order valence-electron chi connectivity index (χ0n) is 18.1. The molecule has 0 N–H and O–H groups in total. The first-order valence-corrected chi connectivity index (χ1v) is 12.3. The zero-order chi connectivity index (χ0) is 21.8. The van der Waals surface area contributed by atoms with Crippen LogP contribution < -0.4 is 4.74 Å². The molecule has 2 bridgehead atoms. The Labute approximate surface area is 191 Å². The Balaban J connectivity index is 1.37. The van der Waals surface area contributed by atoms with Crippen LogP contribution in [0, 0.1) is 0 Å². The highest BCUT2D eigenvalue weighted by atomic mass is 32.1. The third kappa shape index (κ3) is 2.96. The van der Waals surface area contributed by atoms with E-state index in [2.05, 4.69) is 29.6 Å². The largest absolute Gasteiger partial charge is 0.497 e. The fourth-order valence-electron chi connectivity index (χ4n) is 6.00. The van der Waals surface area contributed by atoms with Crippen LogP contribution in [-0.4, -0.2) is 47.4 Å². The molecule has 3 aliphatic heterocycles. The summed E-state index contributed by atoms with van der Waals surface area (Å²) in [4.78, 5) is 31.3. The second-order valence-corrected chi connectivity index (χ2v) is 9.96.